The van der Waals surface area contributed by atoms with Crippen LogP contribution in [-0.4, -0.2) is 23.2 Å². The van der Waals surface area contributed by atoms with Gasteiger partial charge >= 0.3 is 5.97 Å². The molecule has 3 heteroatoms. The zero-order valence-electron chi connectivity index (χ0n) is 15.3. The van der Waals surface area contributed by atoms with E-state index in [0.29, 0.717) is 16.7 Å². The molecule has 0 unspecified atom stereocenters. The molecule has 1 aliphatic carbocycles. The van der Waals surface area contributed by atoms with Crippen LogP contribution in [0.15, 0.2) is 12.2 Å². The largest absolute Gasteiger partial charge is 0.459 e. The normalized spacial score (nSPS) is 23.9. The molecule has 2 aliphatic rings. The van der Waals surface area contributed by atoms with Crippen molar-refractivity contribution in [3.05, 3.63) is 12.2 Å². The van der Waals surface area contributed by atoms with Crippen LogP contribution in [0.4, 0.5) is 0 Å². The average Bonchev–Trinajstić information content (AvgIpc) is 2.37. The van der Waals surface area contributed by atoms with Crippen molar-refractivity contribution < 1.29 is 9.53 Å². The van der Waals surface area contributed by atoms with Crippen LogP contribution in [-0.2, 0) is 9.53 Å². The third kappa shape index (κ3) is 7.44. The molecule has 1 N–H and O–H groups in total. The Morgan fingerprint density at radius 3 is 1.86 bits per heavy atom. The molecule has 2 rings (SSSR count). The Bertz CT molecular complexity index is 365. The maximum absolute atomic E-state index is 11.1. The van der Waals surface area contributed by atoms with Gasteiger partial charge in [0.25, 0.3) is 0 Å². The standard InChI is InChI=1S/C10H16O2.C9H19N/c1-8(2)10(11)12-9-6-4-3-5-7-9;1-8(2)6-5-7-9(3,4)10-8/h9H,1,3-7H2,2H3;10H,5-7H2,1-4H3. The van der Waals surface area contributed by atoms with E-state index in [9.17, 15) is 4.79 Å². The van der Waals surface area contributed by atoms with Gasteiger partial charge < -0.3 is 10.1 Å². The van der Waals surface area contributed by atoms with Crippen LogP contribution in [0.1, 0.15) is 86.0 Å². The van der Waals surface area contributed by atoms with Crippen LogP contribution in [0.3, 0.4) is 0 Å². The van der Waals surface area contributed by atoms with E-state index in [1.54, 1.807) is 6.92 Å². The number of carbonyl (C=O) groups is 1. The van der Waals surface area contributed by atoms with E-state index in [1.807, 2.05) is 0 Å². The molecule has 0 radical (unpaired) electrons. The molecular weight excluding hydrogens is 274 g/mol. The highest BCUT2D eigenvalue weighted by molar-refractivity contribution is 5.87. The number of esters is 1. The lowest BCUT2D eigenvalue weighted by atomic mass is 9.83. The predicted octanol–water partition coefficient (Wildman–Crippen LogP) is 4.76. The fraction of sp³-hybridized carbons (Fsp3) is 0.842. The topological polar surface area (TPSA) is 38.3 Å². The number of nitrogens with one attached hydrogen (secondary N) is 1. The first-order valence-corrected chi connectivity index (χ1v) is 8.77. The summed E-state index contributed by atoms with van der Waals surface area (Å²) >= 11 is 0. The molecule has 0 amide bonds. The van der Waals surface area contributed by atoms with Gasteiger partial charge in [0.2, 0.25) is 0 Å². The van der Waals surface area contributed by atoms with Crippen molar-refractivity contribution in [2.24, 2.45) is 0 Å². The number of hydrogen-bond donors (Lipinski definition) is 1. The van der Waals surface area contributed by atoms with E-state index in [0.717, 1.165) is 12.8 Å². The molecule has 2 fully saturated rings. The van der Waals surface area contributed by atoms with Gasteiger partial charge in [0, 0.05) is 16.7 Å². The average molecular weight is 309 g/mol. The lowest BCUT2D eigenvalue weighted by Gasteiger charge is -2.42. The molecule has 0 spiro atoms. The van der Waals surface area contributed by atoms with E-state index in [-0.39, 0.29) is 12.1 Å². The molecule has 0 aromatic rings. The summed E-state index contributed by atoms with van der Waals surface area (Å²) in [7, 11) is 0. The molecule has 128 valence electrons. The molecule has 1 saturated carbocycles. The van der Waals surface area contributed by atoms with E-state index in [4.69, 9.17) is 4.74 Å². The Balaban J connectivity index is 0.000000224. The molecular formula is C19H35NO2. The number of hydrogen-bond acceptors (Lipinski definition) is 3. The fourth-order valence-electron chi connectivity index (χ4n) is 3.45. The number of carbonyl (C=O) groups excluding carboxylic acids is 1. The summed E-state index contributed by atoms with van der Waals surface area (Å²) in [6, 6.07) is 0. The molecule has 0 aromatic carbocycles. The third-order valence-corrected chi connectivity index (χ3v) is 4.45. The third-order valence-electron chi connectivity index (χ3n) is 4.45. The summed E-state index contributed by atoms with van der Waals surface area (Å²) in [5, 5.41) is 3.63. The summed E-state index contributed by atoms with van der Waals surface area (Å²) in [5.74, 6) is -0.234. The van der Waals surface area contributed by atoms with Gasteiger partial charge in [-0.15, -0.1) is 0 Å². The van der Waals surface area contributed by atoms with Crippen LogP contribution in [0.25, 0.3) is 0 Å². The molecule has 0 aromatic heterocycles. The summed E-state index contributed by atoms with van der Waals surface area (Å²) < 4.78 is 5.21. The van der Waals surface area contributed by atoms with Crippen LogP contribution in [0, 0.1) is 0 Å². The van der Waals surface area contributed by atoms with E-state index >= 15 is 0 Å². The quantitative estimate of drug-likeness (QED) is 0.590. The molecule has 0 bridgehead atoms. The van der Waals surface area contributed by atoms with Gasteiger partial charge in [-0.05, 0) is 79.6 Å². The lowest BCUT2D eigenvalue weighted by molar-refractivity contribution is -0.145. The van der Waals surface area contributed by atoms with Crippen molar-refractivity contribution in [2.45, 2.75) is 103 Å². The van der Waals surface area contributed by atoms with Gasteiger partial charge in [-0.3, -0.25) is 0 Å². The maximum atomic E-state index is 11.1. The fourth-order valence-corrected chi connectivity index (χ4v) is 3.45. The van der Waals surface area contributed by atoms with Gasteiger partial charge in [0.15, 0.2) is 0 Å². The monoisotopic (exact) mass is 309 g/mol. The zero-order chi connectivity index (χ0) is 16.8. The van der Waals surface area contributed by atoms with Gasteiger partial charge in [-0.2, -0.15) is 0 Å². The van der Waals surface area contributed by atoms with Gasteiger partial charge in [-0.25, -0.2) is 4.79 Å². The Hall–Kier alpha value is -0.830. The van der Waals surface area contributed by atoms with Gasteiger partial charge in [0.1, 0.15) is 6.10 Å². The Morgan fingerprint density at radius 1 is 1.00 bits per heavy atom. The van der Waals surface area contributed by atoms with Crippen molar-refractivity contribution in [1.29, 1.82) is 0 Å². The molecule has 1 aliphatic heterocycles. The van der Waals surface area contributed by atoms with E-state index < -0.39 is 0 Å². The van der Waals surface area contributed by atoms with Gasteiger partial charge in [0.05, 0.1) is 0 Å². The molecule has 0 atom stereocenters. The molecule has 1 heterocycles. The first kappa shape index (κ1) is 19.2. The van der Waals surface area contributed by atoms with Crippen molar-refractivity contribution in [1.82, 2.24) is 5.32 Å². The second-order valence-corrected chi connectivity index (χ2v) is 8.19. The van der Waals surface area contributed by atoms with Gasteiger partial charge in [-0.1, -0.05) is 13.0 Å². The first-order chi connectivity index (χ1) is 10.1. The Morgan fingerprint density at radius 2 is 1.50 bits per heavy atom. The Labute approximate surface area is 136 Å². The molecule has 22 heavy (non-hydrogen) atoms. The number of ether oxygens (including phenoxy) is 1. The van der Waals surface area contributed by atoms with Crippen molar-refractivity contribution in [2.75, 3.05) is 0 Å². The minimum Gasteiger partial charge on any atom is -0.459 e. The predicted molar refractivity (Wildman–Crippen MR) is 92.9 cm³/mol. The minimum absolute atomic E-state index is 0.156. The summed E-state index contributed by atoms with van der Waals surface area (Å²) in [6.07, 6.45) is 9.87. The van der Waals surface area contributed by atoms with Crippen molar-refractivity contribution >= 4 is 5.97 Å². The number of piperidine rings is 1. The molecule has 3 nitrogen and oxygen atoms in total. The second kappa shape index (κ2) is 8.14. The summed E-state index contributed by atoms with van der Waals surface area (Å²) in [4.78, 5) is 11.1. The van der Waals surface area contributed by atoms with Crippen LogP contribution >= 0.6 is 0 Å². The minimum atomic E-state index is -0.234. The highest BCUT2D eigenvalue weighted by atomic mass is 16.5. The zero-order valence-corrected chi connectivity index (χ0v) is 15.3. The summed E-state index contributed by atoms with van der Waals surface area (Å²) in [6.45, 7) is 14.4. The number of rotatable bonds is 2. The molecule has 1 saturated heterocycles. The first-order valence-electron chi connectivity index (χ1n) is 8.77. The van der Waals surface area contributed by atoms with Crippen LogP contribution in [0.2, 0.25) is 0 Å². The van der Waals surface area contributed by atoms with Crippen molar-refractivity contribution in [3.8, 4) is 0 Å². The highest BCUT2D eigenvalue weighted by Crippen LogP contribution is 2.27. The van der Waals surface area contributed by atoms with E-state index in [1.165, 1.54) is 38.5 Å². The van der Waals surface area contributed by atoms with Crippen LogP contribution < -0.4 is 5.32 Å². The second-order valence-electron chi connectivity index (χ2n) is 8.19. The Kier molecular flexibility index (Phi) is 7.11. The van der Waals surface area contributed by atoms with E-state index in [2.05, 4.69) is 39.6 Å². The smallest absolute Gasteiger partial charge is 0.333 e. The lowest BCUT2D eigenvalue weighted by Crippen LogP contribution is -2.55. The SMILES string of the molecule is C=C(C)C(=O)OC1CCCCC1.CC1(C)CCCC(C)(C)N1. The highest BCUT2D eigenvalue weighted by Gasteiger charge is 2.31. The van der Waals surface area contributed by atoms with Crippen molar-refractivity contribution in [3.63, 3.8) is 0 Å². The maximum Gasteiger partial charge on any atom is 0.333 e. The summed E-state index contributed by atoms with van der Waals surface area (Å²) in [5.41, 5.74) is 1.23. The van der Waals surface area contributed by atoms with Crippen LogP contribution in [0.5, 0.6) is 0 Å².